The number of hydrogen-bond donors (Lipinski definition) is 2. The van der Waals surface area contributed by atoms with Crippen LogP contribution in [0.4, 0.5) is 0 Å². The van der Waals surface area contributed by atoms with Crippen molar-refractivity contribution in [3.05, 3.63) is 35.9 Å². The minimum absolute atomic E-state index is 0.0598. The van der Waals surface area contributed by atoms with Gasteiger partial charge in [0.05, 0.1) is 5.54 Å². The third-order valence-corrected chi connectivity index (χ3v) is 5.34. The highest BCUT2D eigenvalue weighted by Gasteiger charge is 2.47. The molecule has 2 atom stereocenters. The quantitative estimate of drug-likeness (QED) is 0.873. The molecule has 0 radical (unpaired) electrons. The van der Waals surface area contributed by atoms with Gasteiger partial charge in [0.25, 0.3) is 0 Å². The lowest BCUT2D eigenvalue weighted by molar-refractivity contribution is -0.128. The van der Waals surface area contributed by atoms with Crippen LogP contribution in [0.2, 0.25) is 0 Å². The maximum Gasteiger partial charge on any atom is 0.220 e. The molecule has 0 unspecified atom stereocenters. The zero-order valence-corrected chi connectivity index (χ0v) is 12.9. The molecule has 1 aliphatic carbocycles. The summed E-state index contributed by atoms with van der Waals surface area (Å²) >= 11 is 0. The zero-order valence-electron chi connectivity index (χ0n) is 12.9. The van der Waals surface area contributed by atoms with E-state index in [1.165, 1.54) is 12.0 Å². The molecule has 1 saturated carbocycles. The van der Waals surface area contributed by atoms with Crippen molar-refractivity contribution in [2.75, 3.05) is 6.54 Å². The number of piperidine rings is 1. The van der Waals surface area contributed by atoms with E-state index in [4.69, 9.17) is 0 Å². The van der Waals surface area contributed by atoms with Crippen LogP contribution in [-0.4, -0.2) is 24.0 Å². The normalized spacial score (nSPS) is 25.2. The summed E-state index contributed by atoms with van der Waals surface area (Å²) in [6, 6.07) is 11.2. The Morgan fingerprint density at radius 3 is 2.71 bits per heavy atom. The van der Waals surface area contributed by atoms with Gasteiger partial charge in [-0.2, -0.15) is 0 Å². The average molecular weight is 286 g/mol. The molecular weight excluding hydrogens is 260 g/mol. The second-order valence-electron chi connectivity index (χ2n) is 6.57. The Morgan fingerprint density at radius 1 is 1.33 bits per heavy atom. The van der Waals surface area contributed by atoms with E-state index in [9.17, 15) is 4.79 Å². The number of benzene rings is 1. The molecule has 1 aliphatic heterocycles. The topological polar surface area (TPSA) is 41.1 Å². The van der Waals surface area contributed by atoms with Gasteiger partial charge in [0.1, 0.15) is 0 Å². The van der Waals surface area contributed by atoms with Gasteiger partial charge in [-0.15, -0.1) is 0 Å². The van der Waals surface area contributed by atoms with E-state index in [-0.39, 0.29) is 11.4 Å². The molecule has 1 heterocycles. The maximum absolute atomic E-state index is 11.7. The number of rotatable bonds is 5. The first-order chi connectivity index (χ1) is 10.2. The Bertz CT molecular complexity index is 481. The molecule has 114 valence electrons. The van der Waals surface area contributed by atoms with Gasteiger partial charge in [0.15, 0.2) is 0 Å². The second-order valence-corrected chi connectivity index (χ2v) is 6.57. The van der Waals surface area contributed by atoms with Crippen molar-refractivity contribution in [3.8, 4) is 0 Å². The third-order valence-electron chi connectivity index (χ3n) is 5.34. The van der Waals surface area contributed by atoms with Crippen molar-refractivity contribution in [1.82, 2.24) is 10.6 Å². The summed E-state index contributed by atoms with van der Waals surface area (Å²) in [4.78, 5) is 11.7. The zero-order chi connectivity index (χ0) is 14.7. The van der Waals surface area contributed by atoms with Crippen molar-refractivity contribution in [1.29, 1.82) is 0 Å². The van der Waals surface area contributed by atoms with Crippen molar-refractivity contribution >= 4 is 5.91 Å². The molecule has 2 aliphatic rings. The van der Waals surface area contributed by atoms with Gasteiger partial charge in [-0.05, 0) is 43.6 Å². The van der Waals surface area contributed by atoms with E-state index >= 15 is 0 Å². The second kappa shape index (κ2) is 6.18. The average Bonchev–Trinajstić information content (AvgIpc) is 2.48. The number of hydrogen-bond acceptors (Lipinski definition) is 2. The maximum atomic E-state index is 11.7. The molecular formula is C18H26N2O. The first-order valence-corrected chi connectivity index (χ1v) is 8.33. The Kier molecular flexibility index (Phi) is 4.29. The van der Waals surface area contributed by atoms with Crippen LogP contribution in [0.3, 0.4) is 0 Å². The van der Waals surface area contributed by atoms with Gasteiger partial charge in [-0.25, -0.2) is 0 Å². The molecule has 21 heavy (non-hydrogen) atoms. The Morgan fingerprint density at radius 2 is 2.10 bits per heavy atom. The predicted octanol–water partition coefficient (Wildman–Crippen LogP) is 2.97. The van der Waals surface area contributed by atoms with E-state index in [0.717, 1.165) is 32.2 Å². The molecule has 1 amide bonds. The Hall–Kier alpha value is -1.35. The van der Waals surface area contributed by atoms with Crippen molar-refractivity contribution in [2.24, 2.45) is 0 Å². The van der Waals surface area contributed by atoms with Gasteiger partial charge >= 0.3 is 0 Å². The molecule has 3 heteroatoms. The molecule has 1 saturated heterocycles. The molecule has 1 aromatic rings. The number of nitrogens with one attached hydrogen (secondary N) is 2. The highest BCUT2D eigenvalue weighted by molar-refractivity contribution is 5.78. The van der Waals surface area contributed by atoms with Gasteiger partial charge in [0.2, 0.25) is 5.91 Å². The third kappa shape index (κ3) is 2.98. The predicted molar refractivity (Wildman–Crippen MR) is 85.2 cm³/mol. The summed E-state index contributed by atoms with van der Waals surface area (Å²) in [5, 5.41) is 7.03. The van der Waals surface area contributed by atoms with E-state index in [2.05, 4.69) is 47.9 Å². The summed E-state index contributed by atoms with van der Waals surface area (Å²) in [6.45, 7) is 3.25. The van der Waals surface area contributed by atoms with Crippen LogP contribution >= 0.6 is 0 Å². The minimum atomic E-state index is 0.0598. The van der Waals surface area contributed by atoms with Crippen LogP contribution in [-0.2, 0) is 4.79 Å². The molecule has 3 nitrogen and oxygen atoms in total. The lowest BCUT2D eigenvalue weighted by Gasteiger charge is -2.51. The molecule has 2 fully saturated rings. The summed E-state index contributed by atoms with van der Waals surface area (Å²) in [5.41, 5.74) is 1.47. The van der Waals surface area contributed by atoms with E-state index < -0.39 is 0 Å². The Balaban J connectivity index is 1.62. The van der Waals surface area contributed by atoms with Crippen LogP contribution in [0.25, 0.3) is 0 Å². The Labute approximate surface area is 127 Å². The minimum Gasteiger partial charge on any atom is -0.349 e. The van der Waals surface area contributed by atoms with Crippen LogP contribution < -0.4 is 10.6 Å². The number of carbonyl (C=O) groups excluding carboxylic acids is 1. The lowest BCUT2D eigenvalue weighted by atomic mass is 9.68. The fourth-order valence-electron chi connectivity index (χ4n) is 3.82. The van der Waals surface area contributed by atoms with Gasteiger partial charge in [-0.1, -0.05) is 37.3 Å². The fraction of sp³-hybridized carbons (Fsp3) is 0.611. The summed E-state index contributed by atoms with van der Waals surface area (Å²) < 4.78 is 0. The number of amides is 1. The molecule has 0 bridgehead atoms. The standard InChI is InChI=1S/C18H26N2O/c1-2-14(15-7-4-3-5-8-15)13-19-16-9-10-17(21)20-18(16)11-6-12-18/h3-5,7-8,14,16,19H,2,6,9-13H2,1H3,(H,20,21)/t14-,16-/m1/s1. The van der Waals surface area contributed by atoms with Gasteiger partial charge in [0, 0.05) is 19.0 Å². The van der Waals surface area contributed by atoms with Crippen LogP contribution in [0.15, 0.2) is 30.3 Å². The van der Waals surface area contributed by atoms with Gasteiger partial charge in [-0.3, -0.25) is 4.79 Å². The summed E-state index contributed by atoms with van der Waals surface area (Å²) in [7, 11) is 0. The molecule has 2 N–H and O–H groups in total. The van der Waals surface area contributed by atoms with Crippen LogP contribution in [0.1, 0.15) is 56.9 Å². The van der Waals surface area contributed by atoms with Crippen molar-refractivity contribution in [3.63, 3.8) is 0 Å². The van der Waals surface area contributed by atoms with E-state index in [1.54, 1.807) is 0 Å². The van der Waals surface area contributed by atoms with Crippen LogP contribution in [0.5, 0.6) is 0 Å². The van der Waals surface area contributed by atoms with Crippen molar-refractivity contribution < 1.29 is 4.79 Å². The van der Waals surface area contributed by atoms with E-state index in [0.29, 0.717) is 18.4 Å². The molecule has 1 aromatic carbocycles. The number of carbonyl (C=O) groups is 1. The SMILES string of the molecule is CC[C@H](CN[C@@H]1CCC(=O)NC12CCC2)c1ccccc1. The smallest absolute Gasteiger partial charge is 0.220 e. The monoisotopic (exact) mass is 286 g/mol. The lowest BCUT2D eigenvalue weighted by Crippen LogP contribution is -2.68. The van der Waals surface area contributed by atoms with Gasteiger partial charge < -0.3 is 10.6 Å². The largest absolute Gasteiger partial charge is 0.349 e. The molecule has 1 spiro atoms. The highest BCUT2D eigenvalue weighted by Crippen LogP contribution is 2.39. The van der Waals surface area contributed by atoms with E-state index in [1.807, 2.05) is 0 Å². The summed E-state index contributed by atoms with van der Waals surface area (Å²) in [5.74, 6) is 0.795. The first kappa shape index (κ1) is 14.6. The molecule has 3 rings (SSSR count). The highest BCUT2D eigenvalue weighted by atomic mass is 16.1. The van der Waals surface area contributed by atoms with Crippen molar-refractivity contribution in [2.45, 2.75) is 62.9 Å². The fourth-order valence-corrected chi connectivity index (χ4v) is 3.82. The van der Waals surface area contributed by atoms with Crippen LogP contribution in [0, 0.1) is 0 Å². The molecule has 0 aromatic heterocycles. The first-order valence-electron chi connectivity index (χ1n) is 8.33. The summed E-state index contributed by atoms with van der Waals surface area (Å²) in [6.07, 6.45) is 6.31.